The van der Waals surface area contributed by atoms with Crippen LogP contribution < -0.4 is 10.2 Å². The Labute approximate surface area is 191 Å². The first kappa shape index (κ1) is 21.8. The number of aliphatic imine (C=N–C) groups is 1. The van der Waals surface area contributed by atoms with Crippen LogP contribution in [0.2, 0.25) is 0 Å². The third-order valence-electron chi connectivity index (χ3n) is 5.34. The lowest BCUT2D eigenvalue weighted by Crippen LogP contribution is -2.48. The molecule has 0 bridgehead atoms. The van der Waals surface area contributed by atoms with Gasteiger partial charge in [-0.15, -0.1) is 0 Å². The van der Waals surface area contributed by atoms with Crippen LogP contribution in [0.3, 0.4) is 0 Å². The van der Waals surface area contributed by atoms with E-state index in [1.807, 2.05) is 60.4 Å². The summed E-state index contributed by atoms with van der Waals surface area (Å²) in [7, 11) is 0. The van der Waals surface area contributed by atoms with E-state index in [9.17, 15) is 9.59 Å². The van der Waals surface area contributed by atoms with Gasteiger partial charge in [-0.25, -0.2) is 0 Å². The van der Waals surface area contributed by atoms with Gasteiger partial charge in [0.05, 0.1) is 12.3 Å². The minimum atomic E-state index is -0.0173. The van der Waals surface area contributed by atoms with Gasteiger partial charge in [-0.2, -0.15) is 0 Å². The maximum Gasteiger partial charge on any atom is 0.254 e. The van der Waals surface area contributed by atoms with E-state index in [-0.39, 0.29) is 11.8 Å². The van der Waals surface area contributed by atoms with Crippen molar-refractivity contribution in [3.8, 4) is 0 Å². The quantitative estimate of drug-likeness (QED) is 0.746. The average molecular weight is 455 g/mol. The van der Waals surface area contributed by atoms with E-state index in [0.717, 1.165) is 52.3 Å². The molecule has 0 aromatic heterocycles. The van der Waals surface area contributed by atoms with E-state index in [2.05, 4.69) is 15.2 Å². The molecule has 2 amide bonds. The largest absolute Gasteiger partial charge is 0.368 e. The van der Waals surface area contributed by atoms with Gasteiger partial charge < -0.3 is 15.1 Å². The van der Waals surface area contributed by atoms with Gasteiger partial charge in [0.2, 0.25) is 5.91 Å². The fraction of sp³-hybridized carbons (Fsp3) is 0.348. The molecule has 0 unspecified atom stereocenters. The third kappa shape index (κ3) is 5.62. The number of anilines is 2. The fourth-order valence-electron chi connectivity index (χ4n) is 3.63. The van der Waals surface area contributed by atoms with Crippen molar-refractivity contribution in [2.24, 2.45) is 4.99 Å². The highest BCUT2D eigenvalue weighted by Crippen LogP contribution is 2.23. The number of rotatable bonds is 5. The molecular formula is C23H26N4O2S2. The second kappa shape index (κ2) is 10.2. The zero-order valence-corrected chi connectivity index (χ0v) is 19.2. The molecule has 162 valence electrons. The number of carbonyl (C=O) groups is 2. The van der Waals surface area contributed by atoms with Crippen molar-refractivity contribution in [1.82, 2.24) is 4.90 Å². The average Bonchev–Trinajstić information content (AvgIpc) is 3.32. The number of benzene rings is 2. The number of amides is 2. The SMILES string of the molecule is Cc1ccccc1C(=O)N1CCN(c2ccc(NC(=O)CSC3=NCCS3)cc2)CC1. The highest BCUT2D eigenvalue weighted by atomic mass is 32.2. The maximum absolute atomic E-state index is 12.8. The monoisotopic (exact) mass is 454 g/mol. The van der Waals surface area contributed by atoms with Crippen LogP contribution in [-0.4, -0.2) is 65.3 Å². The van der Waals surface area contributed by atoms with E-state index < -0.39 is 0 Å². The smallest absolute Gasteiger partial charge is 0.254 e. The number of aryl methyl sites for hydroxylation is 1. The topological polar surface area (TPSA) is 65.0 Å². The molecule has 0 radical (unpaired) electrons. The zero-order valence-electron chi connectivity index (χ0n) is 17.5. The van der Waals surface area contributed by atoms with Gasteiger partial charge in [0.15, 0.2) is 0 Å². The molecule has 0 atom stereocenters. The molecule has 2 heterocycles. The first-order valence-electron chi connectivity index (χ1n) is 10.4. The molecule has 0 aliphatic carbocycles. The van der Waals surface area contributed by atoms with Gasteiger partial charge >= 0.3 is 0 Å². The fourth-order valence-corrected chi connectivity index (χ4v) is 5.44. The summed E-state index contributed by atoms with van der Waals surface area (Å²) in [4.78, 5) is 33.5. The molecule has 2 aromatic carbocycles. The van der Waals surface area contributed by atoms with Crippen LogP contribution in [0.25, 0.3) is 0 Å². The molecule has 31 heavy (non-hydrogen) atoms. The normalized spacial score (nSPS) is 16.2. The Hall–Kier alpha value is -2.45. The summed E-state index contributed by atoms with van der Waals surface area (Å²) in [5, 5.41) is 2.95. The summed E-state index contributed by atoms with van der Waals surface area (Å²) >= 11 is 3.21. The molecule has 1 fully saturated rings. The molecular weight excluding hydrogens is 428 g/mol. The Bertz CT molecular complexity index is 970. The second-order valence-corrected chi connectivity index (χ2v) is 9.78. The molecule has 0 saturated carbocycles. The van der Waals surface area contributed by atoms with Crippen LogP contribution in [0, 0.1) is 6.92 Å². The van der Waals surface area contributed by atoms with Gasteiger partial charge in [-0.05, 0) is 42.8 Å². The van der Waals surface area contributed by atoms with Crippen molar-refractivity contribution in [3.63, 3.8) is 0 Å². The number of hydrogen-bond acceptors (Lipinski definition) is 6. The summed E-state index contributed by atoms with van der Waals surface area (Å²) in [6, 6.07) is 15.7. The minimum absolute atomic E-state index is 0.0173. The van der Waals surface area contributed by atoms with Gasteiger partial charge in [0.1, 0.15) is 4.38 Å². The van der Waals surface area contributed by atoms with Crippen molar-refractivity contribution in [3.05, 3.63) is 59.7 Å². The van der Waals surface area contributed by atoms with E-state index in [1.54, 1.807) is 11.8 Å². The third-order valence-corrected chi connectivity index (χ3v) is 7.60. The molecule has 1 saturated heterocycles. The van der Waals surface area contributed by atoms with Gasteiger partial charge in [0.25, 0.3) is 5.91 Å². The predicted molar refractivity (Wildman–Crippen MR) is 132 cm³/mol. The summed E-state index contributed by atoms with van der Waals surface area (Å²) in [5.74, 6) is 1.48. The number of hydrogen-bond donors (Lipinski definition) is 1. The molecule has 0 spiro atoms. The number of thioether (sulfide) groups is 2. The molecule has 1 N–H and O–H groups in total. The van der Waals surface area contributed by atoms with Gasteiger partial charge in [-0.3, -0.25) is 14.6 Å². The van der Waals surface area contributed by atoms with E-state index in [0.29, 0.717) is 18.8 Å². The minimum Gasteiger partial charge on any atom is -0.368 e. The second-order valence-electron chi connectivity index (χ2n) is 7.47. The predicted octanol–water partition coefficient (Wildman–Crippen LogP) is 3.73. The van der Waals surface area contributed by atoms with Gasteiger partial charge in [0, 0.05) is 48.9 Å². The van der Waals surface area contributed by atoms with Crippen LogP contribution in [-0.2, 0) is 4.79 Å². The molecule has 2 aliphatic heterocycles. The molecule has 2 aromatic rings. The highest BCUT2D eigenvalue weighted by molar-refractivity contribution is 8.39. The Morgan fingerprint density at radius 3 is 2.48 bits per heavy atom. The highest BCUT2D eigenvalue weighted by Gasteiger charge is 2.23. The number of carbonyl (C=O) groups excluding carboxylic acids is 2. The van der Waals surface area contributed by atoms with Crippen LogP contribution in [0.5, 0.6) is 0 Å². The first-order chi connectivity index (χ1) is 15.1. The lowest BCUT2D eigenvalue weighted by molar-refractivity contribution is -0.113. The van der Waals surface area contributed by atoms with Crippen molar-refractivity contribution < 1.29 is 9.59 Å². The molecule has 6 nitrogen and oxygen atoms in total. The molecule has 2 aliphatic rings. The van der Waals surface area contributed by atoms with Crippen LogP contribution in [0.1, 0.15) is 15.9 Å². The Balaban J connectivity index is 1.26. The van der Waals surface area contributed by atoms with Crippen molar-refractivity contribution in [2.75, 3.05) is 54.4 Å². The Morgan fingerprint density at radius 1 is 1.06 bits per heavy atom. The Morgan fingerprint density at radius 2 is 1.81 bits per heavy atom. The summed E-state index contributed by atoms with van der Waals surface area (Å²) in [6.07, 6.45) is 0. The lowest BCUT2D eigenvalue weighted by atomic mass is 10.1. The standard InChI is InChI=1S/C23H26N4O2S2/c1-17-4-2-3-5-20(17)22(29)27-13-11-26(12-14-27)19-8-6-18(7-9-19)25-21(28)16-31-23-24-10-15-30-23/h2-9H,10-16H2,1H3,(H,25,28). The summed E-state index contributed by atoms with van der Waals surface area (Å²) in [6.45, 7) is 5.81. The zero-order chi connectivity index (χ0) is 21.6. The molecule has 4 rings (SSSR count). The number of nitrogens with zero attached hydrogens (tertiary/aromatic N) is 3. The molecule has 8 heteroatoms. The van der Waals surface area contributed by atoms with Gasteiger partial charge in [-0.1, -0.05) is 41.7 Å². The van der Waals surface area contributed by atoms with Crippen LogP contribution in [0.4, 0.5) is 11.4 Å². The van der Waals surface area contributed by atoms with E-state index >= 15 is 0 Å². The van der Waals surface area contributed by atoms with E-state index in [1.165, 1.54) is 11.8 Å². The van der Waals surface area contributed by atoms with Crippen molar-refractivity contribution >= 4 is 51.1 Å². The van der Waals surface area contributed by atoms with Crippen molar-refractivity contribution in [2.45, 2.75) is 6.92 Å². The van der Waals surface area contributed by atoms with Crippen molar-refractivity contribution in [1.29, 1.82) is 0 Å². The maximum atomic E-state index is 12.8. The number of nitrogens with one attached hydrogen (secondary N) is 1. The first-order valence-corrected chi connectivity index (χ1v) is 12.4. The Kier molecular flexibility index (Phi) is 7.19. The summed E-state index contributed by atoms with van der Waals surface area (Å²) in [5.41, 5.74) is 3.70. The van der Waals surface area contributed by atoms with Crippen LogP contribution >= 0.6 is 23.5 Å². The summed E-state index contributed by atoms with van der Waals surface area (Å²) < 4.78 is 1.01. The van der Waals surface area contributed by atoms with E-state index in [4.69, 9.17) is 0 Å². The lowest BCUT2D eigenvalue weighted by Gasteiger charge is -2.36. The van der Waals surface area contributed by atoms with Crippen LogP contribution in [0.15, 0.2) is 53.5 Å². The number of piperazine rings is 1.